The standard InChI is InChI=1S/C8H12N4/c1-2-4-10-7-3-5-11-8(6-9)12-7/h2-3,5H,1,4,6,9H2,(H,10,11,12). The third-order valence-electron chi connectivity index (χ3n) is 1.32. The summed E-state index contributed by atoms with van der Waals surface area (Å²) in [4.78, 5) is 8.10. The van der Waals surface area contributed by atoms with Crippen molar-refractivity contribution in [2.75, 3.05) is 11.9 Å². The normalized spacial score (nSPS) is 9.42. The molecule has 0 saturated heterocycles. The molecule has 1 aromatic rings. The molecular weight excluding hydrogens is 152 g/mol. The molecule has 0 fully saturated rings. The zero-order valence-electron chi connectivity index (χ0n) is 6.83. The first-order valence-electron chi connectivity index (χ1n) is 3.73. The molecule has 1 aromatic heterocycles. The van der Waals surface area contributed by atoms with Crippen LogP contribution >= 0.6 is 0 Å². The van der Waals surface area contributed by atoms with Crippen LogP contribution in [0.3, 0.4) is 0 Å². The molecule has 0 bridgehead atoms. The number of hydrogen-bond donors (Lipinski definition) is 2. The molecule has 0 aliphatic heterocycles. The largest absolute Gasteiger partial charge is 0.367 e. The molecule has 4 heteroatoms. The summed E-state index contributed by atoms with van der Waals surface area (Å²) in [6.07, 6.45) is 3.45. The lowest BCUT2D eigenvalue weighted by molar-refractivity contribution is 0.909. The molecule has 0 radical (unpaired) electrons. The van der Waals surface area contributed by atoms with Crippen LogP contribution in [-0.4, -0.2) is 16.5 Å². The summed E-state index contributed by atoms with van der Waals surface area (Å²) < 4.78 is 0. The maximum absolute atomic E-state index is 5.37. The van der Waals surface area contributed by atoms with E-state index in [0.717, 1.165) is 5.82 Å². The molecule has 0 atom stereocenters. The van der Waals surface area contributed by atoms with Crippen LogP contribution in [0.1, 0.15) is 5.82 Å². The zero-order chi connectivity index (χ0) is 8.81. The van der Waals surface area contributed by atoms with Crippen molar-refractivity contribution in [1.29, 1.82) is 0 Å². The van der Waals surface area contributed by atoms with Gasteiger partial charge in [-0.1, -0.05) is 6.08 Å². The van der Waals surface area contributed by atoms with E-state index >= 15 is 0 Å². The second kappa shape index (κ2) is 4.46. The second-order valence-electron chi connectivity index (χ2n) is 2.23. The number of rotatable bonds is 4. The summed E-state index contributed by atoms with van der Waals surface area (Å²) >= 11 is 0. The van der Waals surface area contributed by atoms with Crippen LogP contribution in [0.5, 0.6) is 0 Å². The van der Waals surface area contributed by atoms with Crippen LogP contribution < -0.4 is 11.1 Å². The van der Waals surface area contributed by atoms with Crippen LogP contribution in [0, 0.1) is 0 Å². The molecule has 4 nitrogen and oxygen atoms in total. The Morgan fingerprint density at radius 1 is 1.67 bits per heavy atom. The van der Waals surface area contributed by atoms with Crippen molar-refractivity contribution in [3.63, 3.8) is 0 Å². The van der Waals surface area contributed by atoms with E-state index in [2.05, 4.69) is 21.9 Å². The minimum atomic E-state index is 0.365. The summed E-state index contributed by atoms with van der Waals surface area (Å²) in [5.41, 5.74) is 5.37. The number of aromatic nitrogens is 2. The van der Waals surface area contributed by atoms with Gasteiger partial charge in [0.25, 0.3) is 0 Å². The van der Waals surface area contributed by atoms with Gasteiger partial charge in [0, 0.05) is 12.7 Å². The van der Waals surface area contributed by atoms with Crippen LogP contribution in [0.2, 0.25) is 0 Å². The van der Waals surface area contributed by atoms with E-state index < -0.39 is 0 Å². The molecule has 12 heavy (non-hydrogen) atoms. The maximum Gasteiger partial charge on any atom is 0.144 e. The van der Waals surface area contributed by atoms with Gasteiger partial charge in [0.2, 0.25) is 0 Å². The summed E-state index contributed by atoms with van der Waals surface area (Å²) in [6, 6.07) is 1.79. The third-order valence-corrected chi connectivity index (χ3v) is 1.32. The lowest BCUT2D eigenvalue weighted by Gasteiger charge is -2.02. The predicted octanol–water partition coefficient (Wildman–Crippen LogP) is 0.533. The third kappa shape index (κ3) is 2.32. The van der Waals surface area contributed by atoms with Gasteiger partial charge in [0.1, 0.15) is 11.6 Å². The second-order valence-corrected chi connectivity index (χ2v) is 2.23. The molecule has 0 saturated carbocycles. The molecule has 64 valence electrons. The van der Waals surface area contributed by atoms with Crippen molar-refractivity contribution in [2.24, 2.45) is 5.73 Å². The van der Waals surface area contributed by atoms with Crippen LogP contribution in [0.15, 0.2) is 24.9 Å². The van der Waals surface area contributed by atoms with Gasteiger partial charge in [-0.05, 0) is 6.07 Å². The highest BCUT2D eigenvalue weighted by Gasteiger charge is 1.94. The molecular formula is C8H12N4. The van der Waals surface area contributed by atoms with E-state index in [9.17, 15) is 0 Å². The molecule has 0 aliphatic rings. The number of nitrogens with two attached hydrogens (primary N) is 1. The molecule has 0 aliphatic carbocycles. The average Bonchev–Trinajstić information content (AvgIpc) is 2.15. The van der Waals surface area contributed by atoms with Crippen molar-refractivity contribution < 1.29 is 0 Å². The van der Waals surface area contributed by atoms with E-state index in [0.29, 0.717) is 18.9 Å². The molecule has 3 N–H and O–H groups in total. The molecule has 0 spiro atoms. The first kappa shape index (κ1) is 8.67. The van der Waals surface area contributed by atoms with E-state index in [1.807, 2.05) is 0 Å². The zero-order valence-corrected chi connectivity index (χ0v) is 6.83. The van der Waals surface area contributed by atoms with Crippen molar-refractivity contribution in [1.82, 2.24) is 9.97 Å². The van der Waals surface area contributed by atoms with Crippen molar-refractivity contribution in [3.05, 3.63) is 30.7 Å². The first-order chi connectivity index (χ1) is 5.86. The smallest absolute Gasteiger partial charge is 0.144 e. The van der Waals surface area contributed by atoms with Gasteiger partial charge < -0.3 is 11.1 Å². The fourth-order valence-electron chi connectivity index (χ4n) is 0.773. The fourth-order valence-corrected chi connectivity index (χ4v) is 0.773. The van der Waals surface area contributed by atoms with Gasteiger partial charge in [-0.15, -0.1) is 6.58 Å². The molecule has 1 heterocycles. The minimum Gasteiger partial charge on any atom is -0.367 e. The molecule has 1 rings (SSSR count). The van der Waals surface area contributed by atoms with E-state index in [4.69, 9.17) is 5.73 Å². The van der Waals surface area contributed by atoms with Crippen molar-refractivity contribution >= 4 is 5.82 Å². The van der Waals surface area contributed by atoms with Crippen molar-refractivity contribution in [3.8, 4) is 0 Å². The number of nitrogens with zero attached hydrogens (tertiary/aromatic N) is 2. The van der Waals surface area contributed by atoms with Crippen molar-refractivity contribution in [2.45, 2.75) is 6.54 Å². The lowest BCUT2D eigenvalue weighted by Crippen LogP contribution is -2.06. The molecule has 0 unspecified atom stereocenters. The topological polar surface area (TPSA) is 63.8 Å². The average molecular weight is 164 g/mol. The highest BCUT2D eigenvalue weighted by Crippen LogP contribution is 2.00. The Hall–Kier alpha value is -1.42. The van der Waals surface area contributed by atoms with E-state index in [1.165, 1.54) is 0 Å². The highest BCUT2D eigenvalue weighted by atomic mass is 15.0. The van der Waals surface area contributed by atoms with Crippen LogP contribution in [-0.2, 0) is 6.54 Å². The van der Waals surface area contributed by atoms with E-state index in [-0.39, 0.29) is 0 Å². The Morgan fingerprint density at radius 2 is 2.50 bits per heavy atom. The van der Waals surface area contributed by atoms with Gasteiger partial charge in [-0.25, -0.2) is 9.97 Å². The highest BCUT2D eigenvalue weighted by molar-refractivity contribution is 5.33. The summed E-state index contributed by atoms with van der Waals surface area (Å²) in [5.74, 6) is 1.43. The summed E-state index contributed by atoms with van der Waals surface area (Å²) in [5, 5.41) is 3.04. The number of hydrogen-bond acceptors (Lipinski definition) is 4. The van der Waals surface area contributed by atoms with Gasteiger partial charge in [-0.2, -0.15) is 0 Å². The first-order valence-corrected chi connectivity index (χ1v) is 3.73. The predicted molar refractivity (Wildman–Crippen MR) is 48.6 cm³/mol. The minimum absolute atomic E-state index is 0.365. The van der Waals surface area contributed by atoms with Gasteiger partial charge in [-0.3, -0.25) is 0 Å². The Morgan fingerprint density at radius 3 is 3.17 bits per heavy atom. The van der Waals surface area contributed by atoms with Crippen LogP contribution in [0.4, 0.5) is 5.82 Å². The SMILES string of the molecule is C=CCNc1ccnc(CN)n1. The Balaban J connectivity index is 2.65. The molecule has 0 amide bonds. The summed E-state index contributed by atoms with van der Waals surface area (Å²) in [7, 11) is 0. The monoisotopic (exact) mass is 164 g/mol. The Labute approximate surface area is 71.5 Å². The number of nitrogens with one attached hydrogen (secondary N) is 1. The number of anilines is 1. The fraction of sp³-hybridized carbons (Fsp3) is 0.250. The summed E-state index contributed by atoms with van der Waals surface area (Å²) in [6.45, 7) is 4.65. The van der Waals surface area contributed by atoms with Gasteiger partial charge in [0.15, 0.2) is 0 Å². The Bertz CT molecular complexity index is 259. The lowest BCUT2D eigenvalue weighted by atomic mass is 10.5. The van der Waals surface area contributed by atoms with Gasteiger partial charge in [0.05, 0.1) is 6.54 Å². The maximum atomic E-state index is 5.37. The Kier molecular flexibility index (Phi) is 3.22. The van der Waals surface area contributed by atoms with E-state index in [1.54, 1.807) is 18.3 Å². The van der Waals surface area contributed by atoms with Gasteiger partial charge >= 0.3 is 0 Å². The molecule has 0 aromatic carbocycles. The van der Waals surface area contributed by atoms with Crippen LogP contribution in [0.25, 0.3) is 0 Å². The quantitative estimate of drug-likeness (QED) is 0.637.